The van der Waals surface area contributed by atoms with Crippen LogP contribution in [0.4, 0.5) is 17.1 Å². The maximum absolute atomic E-state index is 13.4. The fourth-order valence-electron chi connectivity index (χ4n) is 4.50. The third-order valence-electron chi connectivity index (χ3n) is 6.64. The number of nitrogens with one attached hydrogen (secondary N) is 2. The van der Waals surface area contributed by atoms with Crippen molar-refractivity contribution >= 4 is 43.0 Å². The normalized spacial score (nSPS) is 14.7. The van der Waals surface area contributed by atoms with Gasteiger partial charge in [0, 0.05) is 11.8 Å². The molecule has 0 fully saturated rings. The Bertz CT molecular complexity index is 1830. The van der Waals surface area contributed by atoms with Gasteiger partial charge in [-0.05, 0) is 54.1 Å². The van der Waals surface area contributed by atoms with E-state index in [2.05, 4.69) is 10.0 Å². The molecule has 4 aromatic carbocycles. The first-order chi connectivity index (χ1) is 20.6. The van der Waals surface area contributed by atoms with Crippen molar-refractivity contribution < 1.29 is 35.8 Å². The Kier molecular flexibility index (Phi) is 8.46. The number of nitrogens with zero attached hydrogens (tertiary/aromatic N) is 1. The maximum Gasteiger partial charge on any atom is 0.267 e. The van der Waals surface area contributed by atoms with Crippen LogP contribution in [0.15, 0.2) is 102 Å². The van der Waals surface area contributed by atoms with Crippen LogP contribution in [0, 0.1) is 0 Å². The first-order valence-electron chi connectivity index (χ1n) is 13.1. The molecular formula is C30H29N3O8S2. The molecule has 43 heavy (non-hydrogen) atoms. The Morgan fingerprint density at radius 3 is 2.28 bits per heavy atom. The molecule has 5 rings (SSSR count). The van der Waals surface area contributed by atoms with Gasteiger partial charge < -0.3 is 19.5 Å². The van der Waals surface area contributed by atoms with Crippen LogP contribution >= 0.6 is 0 Å². The van der Waals surface area contributed by atoms with Crippen LogP contribution in [0.1, 0.15) is 5.56 Å². The minimum atomic E-state index is -4.02. The largest absolute Gasteiger partial charge is 0.497 e. The van der Waals surface area contributed by atoms with Crippen molar-refractivity contribution in [3.8, 4) is 17.2 Å². The lowest BCUT2D eigenvalue weighted by Gasteiger charge is -2.34. The van der Waals surface area contributed by atoms with E-state index in [1.165, 1.54) is 48.9 Å². The van der Waals surface area contributed by atoms with E-state index in [0.717, 1.165) is 0 Å². The predicted molar refractivity (Wildman–Crippen MR) is 163 cm³/mol. The number of benzene rings is 4. The summed E-state index contributed by atoms with van der Waals surface area (Å²) in [6.45, 7) is -0.239. The molecule has 1 atom stereocenters. The third-order valence-corrected chi connectivity index (χ3v) is 9.73. The number of anilines is 3. The fraction of sp³-hybridized carbons (Fsp3) is 0.167. The van der Waals surface area contributed by atoms with Gasteiger partial charge in [-0.15, -0.1) is 0 Å². The van der Waals surface area contributed by atoms with E-state index < -0.39 is 32.1 Å². The third kappa shape index (κ3) is 6.68. The minimum absolute atomic E-state index is 0.0589. The SMILES string of the molecule is COc1ccc(OC)c(NS(=O)(=O)c2ccc(NC(=O)[C@@H]3CN(S(=O)(=O)Cc4ccccc4)c4ccccc4O3)cc2)c1. The maximum atomic E-state index is 13.4. The summed E-state index contributed by atoms with van der Waals surface area (Å²) in [6, 6.07) is 25.6. The number of para-hydroxylation sites is 2. The smallest absolute Gasteiger partial charge is 0.267 e. The van der Waals surface area contributed by atoms with Crippen LogP contribution in [0.2, 0.25) is 0 Å². The van der Waals surface area contributed by atoms with Gasteiger partial charge in [-0.3, -0.25) is 13.8 Å². The van der Waals surface area contributed by atoms with Gasteiger partial charge in [-0.25, -0.2) is 16.8 Å². The van der Waals surface area contributed by atoms with Crippen molar-refractivity contribution in [1.82, 2.24) is 0 Å². The molecule has 0 spiro atoms. The zero-order valence-corrected chi connectivity index (χ0v) is 24.9. The van der Waals surface area contributed by atoms with Crippen LogP contribution in [0.5, 0.6) is 17.2 Å². The van der Waals surface area contributed by atoms with E-state index in [-0.39, 0.29) is 28.6 Å². The second-order valence-corrected chi connectivity index (χ2v) is 13.1. The van der Waals surface area contributed by atoms with E-state index in [9.17, 15) is 21.6 Å². The van der Waals surface area contributed by atoms with Crippen molar-refractivity contribution in [3.05, 3.63) is 103 Å². The highest BCUT2D eigenvalue weighted by Gasteiger charge is 2.36. The van der Waals surface area contributed by atoms with Crippen LogP contribution < -0.4 is 28.6 Å². The van der Waals surface area contributed by atoms with Gasteiger partial charge in [-0.2, -0.15) is 0 Å². The van der Waals surface area contributed by atoms with Gasteiger partial charge in [0.2, 0.25) is 10.0 Å². The number of rotatable bonds is 10. The lowest BCUT2D eigenvalue weighted by atomic mass is 10.2. The molecule has 13 heteroatoms. The molecule has 224 valence electrons. The van der Waals surface area contributed by atoms with E-state index in [1.807, 2.05) is 0 Å². The quantitative estimate of drug-likeness (QED) is 0.267. The summed E-state index contributed by atoms with van der Waals surface area (Å²) < 4.78 is 73.0. The molecule has 1 aliphatic rings. The molecule has 0 aliphatic carbocycles. The van der Waals surface area contributed by atoms with Gasteiger partial charge in [-0.1, -0.05) is 42.5 Å². The van der Waals surface area contributed by atoms with E-state index in [1.54, 1.807) is 66.7 Å². The summed E-state index contributed by atoms with van der Waals surface area (Å²) in [5.41, 5.74) is 1.45. The van der Waals surface area contributed by atoms with Gasteiger partial charge in [0.1, 0.15) is 17.2 Å². The topological polar surface area (TPSA) is 140 Å². The molecule has 4 aromatic rings. The lowest BCUT2D eigenvalue weighted by molar-refractivity contribution is -0.122. The Morgan fingerprint density at radius 1 is 0.884 bits per heavy atom. The summed E-state index contributed by atoms with van der Waals surface area (Å²) in [5, 5.41) is 2.69. The van der Waals surface area contributed by atoms with E-state index >= 15 is 0 Å². The molecule has 11 nitrogen and oxygen atoms in total. The number of carbonyl (C=O) groups excluding carboxylic acids is 1. The van der Waals surface area contributed by atoms with Crippen molar-refractivity contribution in [2.24, 2.45) is 0 Å². The van der Waals surface area contributed by atoms with Crippen LogP contribution in [0.3, 0.4) is 0 Å². The molecule has 1 heterocycles. The second kappa shape index (κ2) is 12.2. The van der Waals surface area contributed by atoms with E-state index in [0.29, 0.717) is 28.4 Å². The Hall–Kier alpha value is -4.75. The molecule has 2 N–H and O–H groups in total. The highest BCUT2D eigenvalue weighted by atomic mass is 32.2. The number of hydrogen-bond acceptors (Lipinski definition) is 8. The highest BCUT2D eigenvalue weighted by Crippen LogP contribution is 2.36. The number of carbonyl (C=O) groups is 1. The van der Waals surface area contributed by atoms with Gasteiger partial charge in [0.25, 0.3) is 15.9 Å². The van der Waals surface area contributed by atoms with Gasteiger partial charge >= 0.3 is 0 Å². The van der Waals surface area contributed by atoms with Crippen LogP contribution in [0.25, 0.3) is 0 Å². The first kappa shape index (κ1) is 29.7. The number of amides is 1. The standard InChI is InChI=1S/C30H29N3O8S2/c1-39-23-14-17-27(40-2)25(18-23)32-43(37,38)24-15-12-22(13-16-24)31-30(34)29-19-33(26-10-6-7-11-28(26)41-29)42(35,36)20-21-8-4-3-5-9-21/h3-18,29,32H,19-20H2,1-2H3,(H,31,34)/t29-/m0/s1. The zero-order valence-electron chi connectivity index (χ0n) is 23.3. The highest BCUT2D eigenvalue weighted by molar-refractivity contribution is 7.92. The zero-order chi connectivity index (χ0) is 30.6. The average molecular weight is 624 g/mol. The van der Waals surface area contributed by atoms with E-state index in [4.69, 9.17) is 14.2 Å². The molecule has 0 unspecified atom stereocenters. The summed E-state index contributed by atoms with van der Waals surface area (Å²) in [5.74, 6) is 0.162. The fourth-order valence-corrected chi connectivity index (χ4v) is 7.15. The minimum Gasteiger partial charge on any atom is -0.497 e. The van der Waals surface area contributed by atoms with Crippen molar-refractivity contribution in [1.29, 1.82) is 0 Å². The summed E-state index contributed by atoms with van der Waals surface area (Å²) >= 11 is 0. The second-order valence-electron chi connectivity index (χ2n) is 9.53. The number of ether oxygens (including phenoxy) is 3. The Morgan fingerprint density at radius 2 is 1.58 bits per heavy atom. The Balaban J connectivity index is 1.31. The van der Waals surface area contributed by atoms with Crippen LogP contribution in [-0.2, 0) is 30.6 Å². The molecule has 1 aliphatic heterocycles. The number of fused-ring (bicyclic) bond motifs is 1. The number of sulfonamides is 2. The Labute approximate surface area is 250 Å². The number of methoxy groups -OCH3 is 2. The van der Waals surface area contributed by atoms with Gasteiger partial charge in [0.05, 0.1) is 42.8 Å². The molecule has 0 radical (unpaired) electrons. The van der Waals surface area contributed by atoms with Crippen LogP contribution in [-0.4, -0.2) is 49.6 Å². The number of hydrogen-bond donors (Lipinski definition) is 2. The molecule has 0 saturated heterocycles. The van der Waals surface area contributed by atoms with Gasteiger partial charge in [0.15, 0.2) is 6.10 Å². The molecule has 0 aromatic heterocycles. The van der Waals surface area contributed by atoms with Crippen molar-refractivity contribution in [2.45, 2.75) is 16.8 Å². The van der Waals surface area contributed by atoms with Crippen molar-refractivity contribution in [2.75, 3.05) is 35.1 Å². The summed E-state index contributed by atoms with van der Waals surface area (Å²) in [4.78, 5) is 13.2. The van der Waals surface area contributed by atoms with Crippen molar-refractivity contribution in [3.63, 3.8) is 0 Å². The molecular weight excluding hydrogens is 594 g/mol. The summed E-state index contributed by atoms with van der Waals surface area (Å²) in [7, 11) is -5.00. The molecule has 0 saturated carbocycles. The first-order valence-corrected chi connectivity index (χ1v) is 16.1. The molecule has 0 bridgehead atoms. The average Bonchev–Trinajstić information content (AvgIpc) is 3.00. The summed E-state index contributed by atoms with van der Waals surface area (Å²) in [6.07, 6.45) is -1.16. The molecule has 1 amide bonds. The predicted octanol–water partition coefficient (Wildman–Crippen LogP) is 4.24. The lowest BCUT2D eigenvalue weighted by Crippen LogP contribution is -2.49. The monoisotopic (exact) mass is 623 g/mol.